The van der Waals surface area contributed by atoms with Gasteiger partial charge in [-0.05, 0) is 88.3 Å². The van der Waals surface area contributed by atoms with Crippen LogP contribution in [0.1, 0.15) is 44.4 Å². The lowest BCUT2D eigenvalue weighted by atomic mass is 10.1. The Morgan fingerprint density at radius 2 is 1.28 bits per heavy atom. The van der Waals surface area contributed by atoms with E-state index in [1.54, 1.807) is 73.7 Å². The SMILES string of the molecule is C=CC(=O)OOc1ccc2cc(C(=O)Oc3ccc(OC(=O)c4ccc5cc(O)ccc5c4)c(C(=O)CC)c3)ccc2c1. The molecule has 0 radical (unpaired) electrons. The molecule has 0 aliphatic carbocycles. The third-order valence-corrected chi connectivity index (χ3v) is 6.48. The smallest absolute Gasteiger partial charge is 0.378 e. The normalized spacial score (nSPS) is 10.6. The average Bonchev–Trinajstić information content (AvgIpc) is 3.03. The molecule has 0 aromatic heterocycles. The van der Waals surface area contributed by atoms with Gasteiger partial charge >= 0.3 is 17.9 Å². The molecule has 9 nitrogen and oxygen atoms in total. The number of Topliss-reactive ketones (excluding diaryl/α,β-unsaturated/α-hetero) is 1. The van der Waals surface area contributed by atoms with E-state index in [0.29, 0.717) is 5.39 Å². The second-order valence-electron chi connectivity index (χ2n) is 9.37. The second-order valence-corrected chi connectivity index (χ2v) is 9.37. The lowest BCUT2D eigenvalue weighted by molar-refractivity contribution is -0.207. The maximum absolute atomic E-state index is 13.0. The molecule has 214 valence electrons. The molecule has 0 amide bonds. The molecule has 0 fully saturated rings. The maximum Gasteiger partial charge on any atom is 0.378 e. The monoisotopic (exact) mass is 576 g/mol. The summed E-state index contributed by atoms with van der Waals surface area (Å²) in [5, 5.41) is 12.6. The summed E-state index contributed by atoms with van der Waals surface area (Å²) in [5.41, 5.74) is 0.606. The average molecular weight is 577 g/mol. The number of ether oxygens (including phenoxy) is 2. The van der Waals surface area contributed by atoms with Crippen molar-refractivity contribution in [3.63, 3.8) is 0 Å². The van der Waals surface area contributed by atoms with E-state index in [2.05, 4.69) is 11.5 Å². The third kappa shape index (κ3) is 6.52. The first-order valence-electron chi connectivity index (χ1n) is 13.1. The van der Waals surface area contributed by atoms with Crippen molar-refractivity contribution in [2.45, 2.75) is 13.3 Å². The summed E-state index contributed by atoms with van der Waals surface area (Å²) in [7, 11) is 0. The van der Waals surface area contributed by atoms with Crippen LogP contribution in [-0.4, -0.2) is 28.8 Å². The highest BCUT2D eigenvalue weighted by Gasteiger charge is 2.19. The Balaban J connectivity index is 1.33. The van der Waals surface area contributed by atoms with Crippen molar-refractivity contribution in [1.82, 2.24) is 0 Å². The third-order valence-electron chi connectivity index (χ3n) is 6.48. The predicted molar refractivity (Wildman–Crippen MR) is 157 cm³/mol. The van der Waals surface area contributed by atoms with Gasteiger partial charge in [-0.25, -0.2) is 19.3 Å². The molecule has 0 spiro atoms. The molecule has 1 N–H and O–H groups in total. The Morgan fingerprint density at radius 3 is 1.95 bits per heavy atom. The minimum atomic E-state index is -0.735. The Kier molecular flexibility index (Phi) is 8.15. The number of phenols is 1. The van der Waals surface area contributed by atoms with Gasteiger partial charge in [0.1, 0.15) is 17.2 Å². The van der Waals surface area contributed by atoms with Crippen LogP contribution in [-0.2, 0) is 9.68 Å². The lowest BCUT2D eigenvalue weighted by Gasteiger charge is -2.12. The molecule has 0 aliphatic rings. The van der Waals surface area contributed by atoms with E-state index in [9.17, 15) is 24.3 Å². The van der Waals surface area contributed by atoms with Crippen molar-refractivity contribution in [3.05, 3.63) is 120 Å². The van der Waals surface area contributed by atoms with Gasteiger partial charge in [0.05, 0.1) is 16.7 Å². The molecule has 5 rings (SSSR count). The summed E-state index contributed by atoms with van der Waals surface area (Å²) < 4.78 is 11.1. The molecule has 0 bridgehead atoms. The number of carbonyl (C=O) groups excluding carboxylic acids is 4. The lowest BCUT2D eigenvalue weighted by Crippen LogP contribution is -2.13. The van der Waals surface area contributed by atoms with Gasteiger partial charge in [0.15, 0.2) is 11.5 Å². The summed E-state index contributed by atoms with van der Waals surface area (Å²) in [6, 6.07) is 23.6. The van der Waals surface area contributed by atoms with Crippen LogP contribution in [0.25, 0.3) is 21.5 Å². The number of aromatic hydroxyl groups is 1. The summed E-state index contributed by atoms with van der Waals surface area (Å²) in [6.45, 7) is 4.96. The van der Waals surface area contributed by atoms with Crippen molar-refractivity contribution in [2.24, 2.45) is 0 Å². The largest absolute Gasteiger partial charge is 0.508 e. The molecule has 0 atom stereocenters. The zero-order valence-corrected chi connectivity index (χ0v) is 22.9. The van der Waals surface area contributed by atoms with E-state index in [1.807, 2.05) is 0 Å². The number of ketones is 1. The van der Waals surface area contributed by atoms with Gasteiger partial charge in [-0.3, -0.25) is 9.68 Å². The standard InChI is InChI=1S/C34H24O9/c1-3-30(36)29-19-27(13-14-31(29)41-34(39)25-7-5-22-17-26(35)11-9-20(22)15-25)40-33(38)24-8-6-23-18-28(12-10-21(23)16-24)42-43-32(37)4-2/h4-19,35H,2-3H2,1H3. The zero-order valence-electron chi connectivity index (χ0n) is 22.9. The van der Waals surface area contributed by atoms with Crippen molar-refractivity contribution in [2.75, 3.05) is 0 Å². The Labute approximate surface area is 245 Å². The number of hydrogen-bond donors (Lipinski definition) is 1. The fourth-order valence-electron chi connectivity index (χ4n) is 4.28. The Hall–Kier alpha value is -5.96. The topological polar surface area (TPSA) is 125 Å². The second kappa shape index (κ2) is 12.3. The maximum atomic E-state index is 13.0. The van der Waals surface area contributed by atoms with Crippen LogP contribution in [0.5, 0.6) is 23.0 Å². The van der Waals surface area contributed by atoms with E-state index in [1.165, 1.54) is 24.3 Å². The van der Waals surface area contributed by atoms with Crippen LogP contribution in [0.2, 0.25) is 0 Å². The van der Waals surface area contributed by atoms with Crippen LogP contribution in [0, 0.1) is 0 Å². The molecule has 5 aromatic rings. The van der Waals surface area contributed by atoms with Crippen LogP contribution < -0.4 is 14.4 Å². The number of benzene rings is 5. The Bertz CT molecular complexity index is 1920. The minimum Gasteiger partial charge on any atom is -0.508 e. The molecule has 0 saturated heterocycles. The molecule has 5 aromatic carbocycles. The van der Waals surface area contributed by atoms with E-state index in [-0.39, 0.29) is 51.9 Å². The molecular weight excluding hydrogens is 552 g/mol. The first-order valence-corrected chi connectivity index (χ1v) is 13.1. The highest BCUT2D eigenvalue weighted by atomic mass is 17.2. The first kappa shape index (κ1) is 28.6. The van der Waals surface area contributed by atoms with Crippen molar-refractivity contribution >= 4 is 45.2 Å². The summed E-state index contributed by atoms with van der Waals surface area (Å²) in [5.74, 6) is -1.85. The molecule has 0 aliphatic heterocycles. The molecular formula is C34H24O9. The van der Waals surface area contributed by atoms with Gasteiger partial charge in [-0.15, -0.1) is 0 Å². The highest BCUT2D eigenvalue weighted by molar-refractivity contribution is 6.02. The molecule has 43 heavy (non-hydrogen) atoms. The van der Waals surface area contributed by atoms with Crippen molar-refractivity contribution in [1.29, 1.82) is 0 Å². The fraction of sp³-hybridized carbons (Fsp3) is 0.0588. The van der Waals surface area contributed by atoms with Crippen molar-refractivity contribution < 1.29 is 43.5 Å². The first-order chi connectivity index (χ1) is 20.7. The number of rotatable bonds is 9. The molecule has 0 unspecified atom stereocenters. The molecule has 0 heterocycles. The van der Waals surface area contributed by atoms with E-state index in [4.69, 9.17) is 14.4 Å². The molecule has 0 saturated carbocycles. The summed E-state index contributed by atoms with van der Waals surface area (Å²) in [4.78, 5) is 59.4. The number of phenolic OH excluding ortho intramolecular Hbond substituents is 1. The predicted octanol–water partition coefficient (Wildman–Crippen LogP) is 6.75. The van der Waals surface area contributed by atoms with E-state index in [0.717, 1.165) is 22.2 Å². The van der Waals surface area contributed by atoms with Gasteiger partial charge in [0, 0.05) is 12.5 Å². The van der Waals surface area contributed by atoms with Crippen LogP contribution in [0.3, 0.4) is 0 Å². The van der Waals surface area contributed by atoms with E-state index >= 15 is 0 Å². The van der Waals surface area contributed by atoms with Gasteiger partial charge in [-0.1, -0.05) is 37.8 Å². The number of carbonyl (C=O) groups is 4. The summed E-state index contributed by atoms with van der Waals surface area (Å²) in [6.07, 6.45) is 1.10. The quantitative estimate of drug-likeness (QED) is 0.0506. The van der Waals surface area contributed by atoms with Gasteiger partial charge in [0.25, 0.3) is 0 Å². The summed E-state index contributed by atoms with van der Waals surface area (Å²) >= 11 is 0. The van der Waals surface area contributed by atoms with Gasteiger partial charge < -0.3 is 14.6 Å². The van der Waals surface area contributed by atoms with Crippen LogP contribution in [0.15, 0.2) is 104 Å². The minimum absolute atomic E-state index is 0.0324. The number of fused-ring (bicyclic) bond motifs is 2. The number of hydrogen-bond acceptors (Lipinski definition) is 9. The van der Waals surface area contributed by atoms with Gasteiger partial charge in [0.2, 0.25) is 0 Å². The fourth-order valence-corrected chi connectivity index (χ4v) is 4.28. The van der Waals surface area contributed by atoms with Crippen LogP contribution in [0.4, 0.5) is 0 Å². The van der Waals surface area contributed by atoms with Crippen molar-refractivity contribution in [3.8, 4) is 23.0 Å². The van der Waals surface area contributed by atoms with Gasteiger partial charge in [-0.2, -0.15) is 0 Å². The highest BCUT2D eigenvalue weighted by Crippen LogP contribution is 2.29. The van der Waals surface area contributed by atoms with E-state index < -0.39 is 17.9 Å². The Morgan fingerprint density at radius 1 is 0.698 bits per heavy atom. The zero-order chi connectivity index (χ0) is 30.5. The van der Waals surface area contributed by atoms with Crippen LogP contribution >= 0.6 is 0 Å². The number of esters is 2. The molecule has 9 heteroatoms.